The molecule has 0 radical (unpaired) electrons. The van der Waals surface area contributed by atoms with E-state index in [2.05, 4.69) is 86.8 Å². The van der Waals surface area contributed by atoms with Crippen LogP contribution < -0.4 is 0 Å². The van der Waals surface area contributed by atoms with Crippen molar-refractivity contribution in [1.82, 2.24) is 0 Å². The molecule has 1 rings (SSSR count). The van der Waals surface area contributed by atoms with Crippen molar-refractivity contribution in [3.63, 3.8) is 0 Å². The van der Waals surface area contributed by atoms with Gasteiger partial charge in [-0.1, -0.05) is 157 Å². The quantitative estimate of drug-likeness (QED) is 0.0198. The zero-order valence-corrected chi connectivity index (χ0v) is 40.2. The maximum absolute atomic E-state index is 12.9. The number of esters is 2. The Kier molecular flexibility index (Phi) is 37.3. The summed E-state index contributed by atoms with van der Waals surface area (Å²) in [6.45, 7) is 3.64. The first-order valence-corrected chi connectivity index (χ1v) is 26.1. The normalized spacial score (nSPS) is 20.2. The second-order valence-electron chi connectivity index (χ2n) is 16.8. The monoisotopic (exact) mass is 923 g/mol. The van der Waals surface area contributed by atoms with Gasteiger partial charge in [-0.15, -0.1) is 0 Å². The predicted octanol–water partition coefficient (Wildman–Crippen LogP) is 10.7. The third kappa shape index (κ3) is 34.4. The molecule has 1 heterocycles. The molecule has 4 N–H and O–H groups in total. The molecule has 0 saturated carbocycles. The molecule has 1 aliphatic rings. The summed E-state index contributed by atoms with van der Waals surface area (Å²) in [5.41, 5.74) is 0. The largest absolute Gasteiger partial charge is 0.462 e. The molecule has 1 fully saturated rings. The maximum Gasteiger partial charge on any atom is 0.306 e. The summed E-state index contributed by atoms with van der Waals surface area (Å²) in [6, 6.07) is 0. The first kappa shape index (κ1) is 59.1. The fraction of sp³-hybridized carbons (Fsp3) is 0.725. The number of aliphatic hydroxyl groups is 3. The number of hydrogen-bond donors (Lipinski definition) is 4. The number of unbranched alkanes of at least 4 members (excludes halogenated alkanes) is 16. The van der Waals surface area contributed by atoms with Gasteiger partial charge in [-0.3, -0.25) is 14.1 Å². The van der Waals surface area contributed by atoms with Crippen LogP contribution in [0.2, 0.25) is 0 Å². The highest BCUT2D eigenvalue weighted by Crippen LogP contribution is 2.24. The molecule has 0 aromatic rings. The minimum atomic E-state index is -4.61. The summed E-state index contributed by atoms with van der Waals surface area (Å²) in [5, 5.41) is 30.9. The number of allylic oxidation sites excluding steroid dienone is 12. The topological polar surface area (TPSA) is 186 Å². The van der Waals surface area contributed by atoms with Crippen LogP contribution >= 0.6 is 0 Å². The van der Waals surface area contributed by atoms with Crippen molar-refractivity contribution in [3.05, 3.63) is 72.9 Å². The van der Waals surface area contributed by atoms with Crippen LogP contribution in [0.15, 0.2) is 72.9 Å². The van der Waals surface area contributed by atoms with Gasteiger partial charge in [-0.2, -0.15) is 8.42 Å². The van der Waals surface area contributed by atoms with Gasteiger partial charge >= 0.3 is 11.9 Å². The van der Waals surface area contributed by atoms with Crippen molar-refractivity contribution in [2.24, 2.45) is 0 Å². The molecule has 1 saturated heterocycles. The number of carbonyl (C=O) groups is 2. The molecular formula is C51H86O12S. The van der Waals surface area contributed by atoms with Gasteiger partial charge in [0.15, 0.2) is 12.4 Å². The van der Waals surface area contributed by atoms with Crippen LogP contribution in [0, 0.1) is 0 Å². The molecule has 0 bridgehead atoms. The van der Waals surface area contributed by atoms with E-state index >= 15 is 0 Å². The van der Waals surface area contributed by atoms with E-state index < -0.39 is 71.2 Å². The highest BCUT2D eigenvalue weighted by Gasteiger charge is 2.46. The smallest absolute Gasteiger partial charge is 0.306 e. The Morgan fingerprint density at radius 3 is 1.47 bits per heavy atom. The lowest BCUT2D eigenvalue weighted by atomic mass is 10.00. The van der Waals surface area contributed by atoms with E-state index in [1.165, 1.54) is 57.8 Å². The average molecular weight is 923 g/mol. The number of ether oxygens (including phenoxy) is 4. The van der Waals surface area contributed by atoms with Crippen molar-refractivity contribution >= 4 is 22.1 Å². The maximum atomic E-state index is 12.9. The van der Waals surface area contributed by atoms with E-state index in [1.54, 1.807) is 0 Å². The van der Waals surface area contributed by atoms with E-state index in [0.29, 0.717) is 12.8 Å². The molecule has 0 aliphatic carbocycles. The third-order valence-electron chi connectivity index (χ3n) is 10.7. The molecule has 12 nitrogen and oxygen atoms in total. The summed E-state index contributed by atoms with van der Waals surface area (Å²) in [5.74, 6) is -2.04. The third-order valence-corrected chi connectivity index (χ3v) is 11.5. The number of rotatable bonds is 40. The number of aliphatic hydroxyl groups excluding tert-OH is 3. The SMILES string of the molecule is CCC/C=C/C/C=C/C/C=C/C/C=C/CCCCCC(=O)OC[C@H](CO[C@H]1O[C@H](CS(=O)(=O)O)[C@@H](O)C(O)C1O)OC(=O)CCCCCCCCCCC/C=C/C/C=C/CCCCC. The first-order valence-electron chi connectivity index (χ1n) is 24.5. The predicted molar refractivity (Wildman–Crippen MR) is 256 cm³/mol. The second kappa shape index (κ2) is 40.4. The van der Waals surface area contributed by atoms with Gasteiger partial charge < -0.3 is 34.3 Å². The van der Waals surface area contributed by atoms with E-state index in [-0.39, 0.29) is 19.4 Å². The fourth-order valence-corrected chi connectivity index (χ4v) is 7.62. The van der Waals surface area contributed by atoms with Crippen LogP contribution in [0.5, 0.6) is 0 Å². The summed E-state index contributed by atoms with van der Waals surface area (Å²) in [7, 11) is -4.61. The summed E-state index contributed by atoms with van der Waals surface area (Å²) < 4.78 is 54.1. The molecular weight excluding hydrogens is 837 g/mol. The van der Waals surface area contributed by atoms with E-state index in [1.807, 2.05) is 0 Å². The van der Waals surface area contributed by atoms with Gasteiger partial charge in [-0.05, 0) is 83.5 Å². The molecule has 64 heavy (non-hydrogen) atoms. The molecule has 2 unspecified atom stereocenters. The van der Waals surface area contributed by atoms with Crippen molar-refractivity contribution in [3.8, 4) is 0 Å². The van der Waals surface area contributed by atoms with Gasteiger partial charge in [0.05, 0.1) is 6.61 Å². The molecule has 1 aliphatic heterocycles. The van der Waals surface area contributed by atoms with Crippen LogP contribution in [0.1, 0.15) is 181 Å². The second-order valence-corrected chi connectivity index (χ2v) is 18.3. The lowest BCUT2D eigenvalue weighted by Crippen LogP contribution is -2.60. The zero-order chi connectivity index (χ0) is 46.9. The van der Waals surface area contributed by atoms with E-state index in [4.69, 9.17) is 18.9 Å². The number of hydrogen-bond acceptors (Lipinski definition) is 11. The van der Waals surface area contributed by atoms with Crippen molar-refractivity contribution in [2.75, 3.05) is 19.0 Å². The molecule has 0 amide bonds. The van der Waals surface area contributed by atoms with Gasteiger partial charge in [0.25, 0.3) is 10.1 Å². The Morgan fingerprint density at radius 1 is 0.531 bits per heavy atom. The zero-order valence-electron chi connectivity index (χ0n) is 39.4. The Bertz CT molecular complexity index is 1450. The van der Waals surface area contributed by atoms with Crippen LogP contribution in [0.3, 0.4) is 0 Å². The van der Waals surface area contributed by atoms with Crippen LogP contribution in [-0.2, 0) is 38.7 Å². The summed E-state index contributed by atoms with van der Waals surface area (Å²) in [6.07, 6.45) is 42.2. The molecule has 368 valence electrons. The van der Waals surface area contributed by atoms with Crippen molar-refractivity contribution < 1.29 is 56.8 Å². The lowest BCUT2D eigenvalue weighted by Gasteiger charge is -2.40. The molecule has 0 spiro atoms. The van der Waals surface area contributed by atoms with Crippen LogP contribution in [-0.4, -0.2) is 96.0 Å². The Morgan fingerprint density at radius 2 is 0.969 bits per heavy atom. The molecule has 13 heteroatoms. The van der Waals surface area contributed by atoms with Crippen LogP contribution in [0.25, 0.3) is 0 Å². The van der Waals surface area contributed by atoms with Gasteiger partial charge in [0.2, 0.25) is 0 Å². The fourth-order valence-electron chi connectivity index (χ4n) is 6.93. The van der Waals surface area contributed by atoms with Gasteiger partial charge in [-0.25, -0.2) is 0 Å². The Balaban J connectivity index is 2.43. The Labute approximate surface area is 387 Å². The van der Waals surface area contributed by atoms with Crippen molar-refractivity contribution in [1.29, 1.82) is 0 Å². The van der Waals surface area contributed by atoms with E-state index in [9.17, 15) is 37.9 Å². The summed E-state index contributed by atoms with van der Waals surface area (Å²) >= 11 is 0. The standard InChI is InChI=1S/C51H86O12S/c1-3-5-7-9-11-13-15-17-19-21-22-24-26-28-30-32-34-36-38-40-47(53)62-44(42-61-51-50(56)49(55)48(54)45(63-51)43-64(57,58)59)41-60-46(52)39-37-35-33-31-29-27-25-23-20-18-16-14-12-10-8-6-4-2/h8,10-11,13-14,16-17,19-20,23,27,29,44-45,48-51,54-56H,3-7,9,12,15,18,21-22,24-26,28,30-43H2,1-2H3,(H,57,58,59)/b10-8+,13-11+,16-14+,19-17+,23-20+,29-27+/t44-,45-,48-,49?,50?,51+/m1/s1. The average Bonchev–Trinajstić information content (AvgIpc) is 3.26. The minimum absolute atomic E-state index is 0.149. The van der Waals surface area contributed by atoms with Gasteiger partial charge in [0, 0.05) is 12.8 Å². The van der Waals surface area contributed by atoms with Gasteiger partial charge in [0.1, 0.15) is 36.8 Å². The highest BCUT2D eigenvalue weighted by molar-refractivity contribution is 7.85. The minimum Gasteiger partial charge on any atom is -0.462 e. The van der Waals surface area contributed by atoms with Crippen LogP contribution in [0.4, 0.5) is 0 Å². The summed E-state index contributed by atoms with van der Waals surface area (Å²) in [4.78, 5) is 25.5. The first-order chi connectivity index (χ1) is 31.0. The Hall–Kier alpha value is -2.91. The molecule has 6 atom stereocenters. The molecule has 0 aromatic heterocycles. The molecule has 0 aromatic carbocycles. The highest BCUT2D eigenvalue weighted by atomic mass is 32.2. The number of carbonyl (C=O) groups excluding carboxylic acids is 2. The lowest BCUT2D eigenvalue weighted by molar-refractivity contribution is -0.297. The van der Waals surface area contributed by atoms with E-state index in [0.717, 1.165) is 83.5 Å². The van der Waals surface area contributed by atoms with Crippen molar-refractivity contribution in [2.45, 2.75) is 218 Å².